The third kappa shape index (κ3) is 7.45. The molecule has 0 aliphatic rings. The Balaban J connectivity index is 1.90. The Morgan fingerprint density at radius 3 is 2.15 bits per heavy atom. The molecule has 3 rings (SSSR count). The van der Waals surface area contributed by atoms with Crippen molar-refractivity contribution >= 4 is 23.4 Å². The topological polar surface area (TPSA) is 69.6 Å². The number of amides is 2. The van der Waals surface area contributed by atoms with Gasteiger partial charge in [0.05, 0.1) is 0 Å². The number of rotatable bonds is 11. The number of halogens is 1. The number of aryl methyl sites for hydroxylation is 1. The van der Waals surface area contributed by atoms with E-state index in [4.69, 9.17) is 16.7 Å². The molecule has 0 aliphatic heterocycles. The Labute approximate surface area is 200 Å². The Morgan fingerprint density at radius 2 is 1.52 bits per heavy atom. The second-order valence-corrected chi connectivity index (χ2v) is 8.25. The van der Waals surface area contributed by atoms with Crippen LogP contribution in [-0.2, 0) is 22.6 Å². The van der Waals surface area contributed by atoms with Gasteiger partial charge in [-0.15, -0.1) is 0 Å². The molecule has 0 radical (unpaired) electrons. The number of aliphatic hydroxyl groups is 1. The van der Waals surface area contributed by atoms with Gasteiger partial charge in [0.2, 0.25) is 11.8 Å². The molecule has 0 fully saturated rings. The van der Waals surface area contributed by atoms with Crippen LogP contribution in [0.4, 0.5) is 0 Å². The minimum atomic E-state index is -0.788. The van der Waals surface area contributed by atoms with Crippen molar-refractivity contribution in [3.8, 4) is 0 Å². The van der Waals surface area contributed by atoms with E-state index in [-0.39, 0.29) is 31.4 Å². The van der Waals surface area contributed by atoms with Crippen LogP contribution in [0.2, 0.25) is 5.02 Å². The van der Waals surface area contributed by atoms with E-state index < -0.39 is 6.04 Å². The van der Waals surface area contributed by atoms with Gasteiger partial charge in [0.1, 0.15) is 6.04 Å². The summed E-state index contributed by atoms with van der Waals surface area (Å²) in [5.41, 5.74) is 2.69. The first-order valence-corrected chi connectivity index (χ1v) is 11.5. The highest BCUT2D eigenvalue weighted by Crippen LogP contribution is 2.25. The molecule has 3 aromatic carbocycles. The van der Waals surface area contributed by atoms with E-state index in [9.17, 15) is 9.59 Å². The van der Waals surface area contributed by atoms with Crippen molar-refractivity contribution in [3.05, 3.63) is 107 Å². The predicted octanol–water partition coefficient (Wildman–Crippen LogP) is 4.54. The normalized spacial score (nSPS) is 11.6. The zero-order valence-corrected chi connectivity index (χ0v) is 19.2. The molecule has 0 heterocycles. The zero-order valence-electron chi connectivity index (χ0n) is 18.5. The lowest BCUT2D eigenvalue weighted by Crippen LogP contribution is -2.43. The van der Waals surface area contributed by atoms with E-state index in [1.165, 1.54) is 0 Å². The third-order valence-corrected chi connectivity index (χ3v) is 5.62. The molecule has 0 saturated carbocycles. The van der Waals surface area contributed by atoms with E-state index in [1.807, 2.05) is 72.8 Å². The standard InChI is InChI=1S/C27H29ClN2O3/c28-24-15-12-22(13-16-24)20-30(25(32)17-14-21-8-3-1-4-9-21)26(23-10-5-2-6-11-23)27(33)29-18-7-19-31/h1-6,8-13,15-16,26,31H,7,14,17-20H2,(H,29,33)/t26-/m1/s1. The molecule has 0 bridgehead atoms. The number of hydrogen-bond acceptors (Lipinski definition) is 3. The molecule has 5 nitrogen and oxygen atoms in total. The first-order chi connectivity index (χ1) is 16.1. The van der Waals surface area contributed by atoms with Crippen LogP contribution < -0.4 is 5.32 Å². The van der Waals surface area contributed by atoms with Crippen LogP contribution in [-0.4, -0.2) is 35.0 Å². The molecule has 0 spiro atoms. The van der Waals surface area contributed by atoms with Crippen LogP contribution in [0.1, 0.15) is 35.6 Å². The third-order valence-electron chi connectivity index (χ3n) is 5.37. The molecule has 2 N–H and O–H groups in total. The smallest absolute Gasteiger partial charge is 0.247 e. The Morgan fingerprint density at radius 1 is 0.879 bits per heavy atom. The summed E-state index contributed by atoms with van der Waals surface area (Å²) in [5, 5.41) is 12.6. The molecule has 2 amide bonds. The summed E-state index contributed by atoms with van der Waals surface area (Å²) in [4.78, 5) is 28.4. The number of carbonyl (C=O) groups excluding carboxylic acids is 2. The zero-order chi connectivity index (χ0) is 23.5. The second-order valence-electron chi connectivity index (χ2n) is 7.82. The number of aliphatic hydroxyl groups excluding tert-OH is 1. The van der Waals surface area contributed by atoms with Gasteiger partial charge >= 0.3 is 0 Å². The van der Waals surface area contributed by atoms with Crippen molar-refractivity contribution < 1.29 is 14.7 Å². The number of nitrogens with zero attached hydrogens (tertiary/aromatic N) is 1. The number of carbonyl (C=O) groups is 2. The van der Waals surface area contributed by atoms with Crippen molar-refractivity contribution in [1.82, 2.24) is 10.2 Å². The summed E-state index contributed by atoms with van der Waals surface area (Å²) in [6.07, 6.45) is 1.32. The van der Waals surface area contributed by atoms with E-state index in [0.29, 0.717) is 24.4 Å². The lowest BCUT2D eigenvalue weighted by atomic mass is 10.0. The van der Waals surface area contributed by atoms with Gasteiger partial charge in [-0.05, 0) is 41.7 Å². The van der Waals surface area contributed by atoms with Gasteiger partial charge in [-0.25, -0.2) is 0 Å². The molecule has 172 valence electrons. The molecular weight excluding hydrogens is 436 g/mol. The van der Waals surface area contributed by atoms with Gasteiger partial charge in [0.25, 0.3) is 0 Å². The second kappa shape index (κ2) is 12.8. The van der Waals surface area contributed by atoms with E-state index in [1.54, 1.807) is 17.0 Å². The van der Waals surface area contributed by atoms with Gasteiger partial charge in [-0.2, -0.15) is 0 Å². The minimum absolute atomic E-state index is 0.0131. The van der Waals surface area contributed by atoms with Crippen molar-refractivity contribution in [2.75, 3.05) is 13.2 Å². The van der Waals surface area contributed by atoms with Crippen molar-refractivity contribution in [2.45, 2.75) is 31.8 Å². The maximum atomic E-state index is 13.5. The maximum absolute atomic E-state index is 13.5. The van der Waals surface area contributed by atoms with Crippen molar-refractivity contribution in [1.29, 1.82) is 0 Å². The summed E-state index contributed by atoms with van der Waals surface area (Å²) >= 11 is 6.04. The van der Waals surface area contributed by atoms with E-state index in [2.05, 4.69) is 5.32 Å². The SMILES string of the molecule is O=C(NCCCO)[C@@H](c1ccccc1)N(Cc1ccc(Cl)cc1)C(=O)CCc1ccccc1. The maximum Gasteiger partial charge on any atom is 0.247 e. The molecule has 0 aliphatic carbocycles. The highest BCUT2D eigenvalue weighted by molar-refractivity contribution is 6.30. The summed E-state index contributed by atoms with van der Waals surface area (Å²) in [6.45, 7) is 0.601. The van der Waals surface area contributed by atoms with Gasteiger partial charge < -0.3 is 15.3 Å². The van der Waals surface area contributed by atoms with Crippen LogP contribution in [0.5, 0.6) is 0 Å². The van der Waals surface area contributed by atoms with E-state index in [0.717, 1.165) is 16.7 Å². The van der Waals surface area contributed by atoms with Crippen LogP contribution in [0, 0.1) is 0 Å². The number of benzene rings is 3. The summed E-state index contributed by atoms with van der Waals surface area (Å²) in [7, 11) is 0. The average molecular weight is 465 g/mol. The monoisotopic (exact) mass is 464 g/mol. The first-order valence-electron chi connectivity index (χ1n) is 11.1. The molecule has 0 saturated heterocycles. The highest BCUT2D eigenvalue weighted by Gasteiger charge is 2.31. The molecule has 0 aromatic heterocycles. The largest absolute Gasteiger partial charge is 0.396 e. The Hall–Kier alpha value is -3.15. The van der Waals surface area contributed by atoms with Crippen LogP contribution >= 0.6 is 11.6 Å². The number of hydrogen-bond donors (Lipinski definition) is 2. The van der Waals surface area contributed by atoms with Gasteiger partial charge in [0.15, 0.2) is 0 Å². The van der Waals surface area contributed by atoms with Gasteiger partial charge in [0, 0.05) is 31.1 Å². The molecule has 0 unspecified atom stereocenters. The fourth-order valence-corrected chi connectivity index (χ4v) is 3.77. The fourth-order valence-electron chi connectivity index (χ4n) is 3.65. The average Bonchev–Trinajstić information content (AvgIpc) is 2.85. The highest BCUT2D eigenvalue weighted by atomic mass is 35.5. The van der Waals surface area contributed by atoms with Crippen LogP contribution in [0.25, 0.3) is 0 Å². The number of nitrogens with one attached hydrogen (secondary N) is 1. The van der Waals surface area contributed by atoms with E-state index >= 15 is 0 Å². The lowest BCUT2D eigenvalue weighted by Gasteiger charge is -2.32. The first kappa shape index (κ1) is 24.5. The van der Waals surface area contributed by atoms with Gasteiger partial charge in [-0.1, -0.05) is 84.4 Å². The summed E-state index contributed by atoms with van der Waals surface area (Å²) < 4.78 is 0. The summed E-state index contributed by atoms with van der Waals surface area (Å²) in [6, 6.07) is 25.7. The minimum Gasteiger partial charge on any atom is -0.396 e. The van der Waals surface area contributed by atoms with Gasteiger partial charge in [-0.3, -0.25) is 9.59 Å². The Bertz CT molecular complexity index is 1010. The Kier molecular flexibility index (Phi) is 9.48. The molecular formula is C27H29ClN2O3. The molecule has 33 heavy (non-hydrogen) atoms. The van der Waals surface area contributed by atoms with Crippen molar-refractivity contribution in [2.24, 2.45) is 0 Å². The quantitative estimate of drug-likeness (QED) is 0.409. The summed E-state index contributed by atoms with van der Waals surface area (Å²) in [5.74, 6) is -0.378. The van der Waals surface area contributed by atoms with Crippen LogP contribution in [0.3, 0.4) is 0 Å². The molecule has 6 heteroatoms. The predicted molar refractivity (Wildman–Crippen MR) is 131 cm³/mol. The molecule has 3 aromatic rings. The van der Waals surface area contributed by atoms with Crippen molar-refractivity contribution in [3.63, 3.8) is 0 Å². The molecule has 1 atom stereocenters. The van der Waals surface area contributed by atoms with Crippen LogP contribution in [0.15, 0.2) is 84.9 Å². The lowest BCUT2D eigenvalue weighted by molar-refractivity contribution is -0.141. The fraction of sp³-hybridized carbons (Fsp3) is 0.259.